The topological polar surface area (TPSA) is 12.0 Å². The summed E-state index contributed by atoms with van der Waals surface area (Å²) in [5.74, 6) is 1.16. The molecule has 0 atom stereocenters. The molecular weight excluding hydrogens is 202 g/mol. The molecule has 0 radical (unpaired) electrons. The molecule has 0 spiro atoms. The van der Waals surface area contributed by atoms with E-state index in [1.54, 1.807) is 0 Å². The lowest BCUT2D eigenvalue weighted by Gasteiger charge is -2.04. The van der Waals surface area contributed by atoms with Crippen molar-refractivity contribution >= 4 is 11.8 Å². The van der Waals surface area contributed by atoms with Gasteiger partial charge in [0, 0.05) is 17.2 Å². The van der Waals surface area contributed by atoms with E-state index in [1.165, 1.54) is 23.3 Å². The molecule has 1 aromatic rings. The Balaban J connectivity index is 2.07. The lowest BCUT2D eigenvalue weighted by Crippen LogP contribution is -2.18. The van der Waals surface area contributed by atoms with Crippen LogP contribution >= 0.6 is 11.8 Å². The van der Waals surface area contributed by atoms with E-state index in [0.29, 0.717) is 0 Å². The molecule has 2 heteroatoms. The zero-order valence-corrected chi connectivity index (χ0v) is 10.6. The van der Waals surface area contributed by atoms with E-state index >= 15 is 0 Å². The van der Waals surface area contributed by atoms with Gasteiger partial charge in [0.1, 0.15) is 0 Å². The third-order valence-electron chi connectivity index (χ3n) is 2.28. The molecule has 0 saturated heterocycles. The van der Waals surface area contributed by atoms with Gasteiger partial charge >= 0.3 is 0 Å². The van der Waals surface area contributed by atoms with E-state index in [9.17, 15) is 0 Å². The van der Waals surface area contributed by atoms with Crippen LogP contribution in [0, 0.1) is 6.92 Å². The molecular formula is C13H21NS. The molecule has 0 aliphatic carbocycles. The minimum Gasteiger partial charge on any atom is -0.316 e. The van der Waals surface area contributed by atoms with Gasteiger partial charge in [-0.15, -0.1) is 11.8 Å². The van der Waals surface area contributed by atoms with Crippen LogP contribution in [0.15, 0.2) is 29.2 Å². The van der Waals surface area contributed by atoms with E-state index in [2.05, 4.69) is 43.4 Å². The molecule has 1 rings (SSSR count). The van der Waals surface area contributed by atoms with Gasteiger partial charge in [-0.1, -0.05) is 31.0 Å². The number of unbranched alkanes of at least 4 members (excludes halogenated alkanes) is 1. The maximum Gasteiger partial charge on any atom is 0.0106 e. The van der Waals surface area contributed by atoms with Crippen LogP contribution < -0.4 is 5.32 Å². The van der Waals surface area contributed by atoms with Gasteiger partial charge in [0.2, 0.25) is 0 Å². The van der Waals surface area contributed by atoms with Crippen LogP contribution in [0.5, 0.6) is 0 Å². The van der Waals surface area contributed by atoms with Crippen molar-refractivity contribution in [1.82, 2.24) is 5.32 Å². The lowest BCUT2D eigenvalue weighted by molar-refractivity contribution is 0.666. The molecule has 0 heterocycles. The van der Waals surface area contributed by atoms with Gasteiger partial charge in [0.15, 0.2) is 0 Å². The van der Waals surface area contributed by atoms with Crippen LogP contribution in [0.1, 0.15) is 25.3 Å². The zero-order chi connectivity index (χ0) is 10.9. The molecule has 1 nitrogen and oxygen atoms in total. The highest BCUT2D eigenvalue weighted by molar-refractivity contribution is 7.99. The highest BCUT2D eigenvalue weighted by Crippen LogP contribution is 2.17. The first-order valence-electron chi connectivity index (χ1n) is 5.73. The Bertz CT molecular complexity index is 256. The summed E-state index contributed by atoms with van der Waals surface area (Å²) in [6.45, 7) is 6.62. The molecule has 1 aromatic carbocycles. The Labute approximate surface area is 97.7 Å². The van der Waals surface area contributed by atoms with Gasteiger partial charge in [-0.25, -0.2) is 0 Å². The number of aryl methyl sites for hydroxylation is 1. The second-order valence-corrected chi connectivity index (χ2v) is 4.93. The average Bonchev–Trinajstić information content (AvgIpc) is 2.26. The molecule has 0 saturated carbocycles. The minimum atomic E-state index is 1.11. The van der Waals surface area contributed by atoms with Crippen molar-refractivity contribution in [3.63, 3.8) is 0 Å². The first-order valence-corrected chi connectivity index (χ1v) is 6.71. The maximum absolute atomic E-state index is 3.45. The summed E-state index contributed by atoms with van der Waals surface area (Å²) in [6.07, 6.45) is 2.56. The monoisotopic (exact) mass is 223 g/mol. The lowest BCUT2D eigenvalue weighted by atomic mass is 10.2. The minimum absolute atomic E-state index is 1.11. The summed E-state index contributed by atoms with van der Waals surface area (Å²) in [5, 5.41) is 3.45. The fourth-order valence-corrected chi connectivity index (χ4v) is 2.11. The Morgan fingerprint density at radius 3 is 2.53 bits per heavy atom. The SMILES string of the molecule is CCCCNCCSc1ccc(C)cc1. The smallest absolute Gasteiger partial charge is 0.0106 e. The van der Waals surface area contributed by atoms with Crippen molar-refractivity contribution in [2.24, 2.45) is 0 Å². The van der Waals surface area contributed by atoms with Crippen LogP contribution in [0.25, 0.3) is 0 Å². The van der Waals surface area contributed by atoms with E-state index in [1.807, 2.05) is 11.8 Å². The number of hydrogen-bond donors (Lipinski definition) is 1. The normalized spacial score (nSPS) is 10.5. The van der Waals surface area contributed by atoms with E-state index < -0.39 is 0 Å². The van der Waals surface area contributed by atoms with Gasteiger partial charge in [-0.05, 0) is 32.0 Å². The molecule has 1 N–H and O–H groups in total. The summed E-state index contributed by atoms with van der Waals surface area (Å²) in [7, 11) is 0. The first-order chi connectivity index (χ1) is 7.33. The quantitative estimate of drug-likeness (QED) is 0.561. The Hall–Kier alpha value is -0.470. The molecule has 0 unspecified atom stereocenters. The molecule has 84 valence electrons. The molecule has 0 fully saturated rings. The van der Waals surface area contributed by atoms with Crippen molar-refractivity contribution in [3.05, 3.63) is 29.8 Å². The Kier molecular flexibility index (Phi) is 6.53. The van der Waals surface area contributed by atoms with E-state index in [-0.39, 0.29) is 0 Å². The van der Waals surface area contributed by atoms with Gasteiger partial charge in [0.05, 0.1) is 0 Å². The third kappa shape index (κ3) is 5.85. The highest BCUT2D eigenvalue weighted by atomic mass is 32.2. The van der Waals surface area contributed by atoms with Gasteiger partial charge in [-0.3, -0.25) is 0 Å². The predicted molar refractivity (Wildman–Crippen MR) is 69.7 cm³/mol. The highest BCUT2D eigenvalue weighted by Gasteiger charge is 1.93. The largest absolute Gasteiger partial charge is 0.316 e. The van der Waals surface area contributed by atoms with Crippen molar-refractivity contribution in [2.75, 3.05) is 18.8 Å². The number of hydrogen-bond acceptors (Lipinski definition) is 2. The number of thioether (sulfide) groups is 1. The molecule has 0 aliphatic rings. The Morgan fingerprint density at radius 1 is 1.13 bits per heavy atom. The van der Waals surface area contributed by atoms with E-state index in [0.717, 1.165) is 18.8 Å². The zero-order valence-electron chi connectivity index (χ0n) is 9.75. The summed E-state index contributed by atoms with van der Waals surface area (Å²) in [6, 6.07) is 8.75. The Morgan fingerprint density at radius 2 is 1.87 bits per heavy atom. The van der Waals surface area contributed by atoms with Gasteiger partial charge < -0.3 is 5.32 Å². The van der Waals surface area contributed by atoms with E-state index in [4.69, 9.17) is 0 Å². The summed E-state index contributed by atoms with van der Waals surface area (Å²) < 4.78 is 0. The van der Waals surface area contributed by atoms with Crippen LogP contribution in [-0.2, 0) is 0 Å². The molecule has 15 heavy (non-hydrogen) atoms. The third-order valence-corrected chi connectivity index (χ3v) is 3.29. The molecule has 0 aliphatic heterocycles. The average molecular weight is 223 g/mol. The second kappa shape index (κ2) is 7.77. The summed E-state index contributed by atoms with van der Waals surface area (Å²) >= 11 is 1.92. The van der Waals surface area contributed by atoms with Crippen LogP contribution in [-0.4, -0.2) is 18.8 Å². The summed E-state index contributed by atoms with van der Waals surface area (Å²) in [4.78, 5) is 1.37. The summed E-state index contributed by atoms with van der Waals surface area (Å²) in [5.41, 5.74) is 1.33. The maximum atomic E-state index is 3.45. The van der Waals surface area contributed by atoms with Crippen LogP contribution in [0.2, 0.25) is 0 Å². The first kappa shape index (κ1) is 12.6. The van der Waals surface area contributed by atoms with Gasteiger partial charge in [0.25, 0.3) is 0 Å². The van der Waals surface area contributed by atoms with Gasteiger partial charge in [-0.2, -0.15) is 0 Å². The molecule has 0 aromatic heterocycles. The predicted octanol–water partition coefficient (Wildman–Crippen LogP) is 3.48. The standard InChI is InChI=1S/C13H21NS/c1-3-4-9-14-10-11-15-13-7-5-12(2)6-8-13/h5-8,14H,3-4,9-11H2,1-2H3. The fourth-order valence-electron chi connectivity index (χ4n) is 1.30. The van der Waals surface area contributed by atoms with Crippen LogP contribution in [0.3, 0.4) is 0 Å². The van der Waals surface area contributed by atoms with Crippen LogP contribution in [0.4, 0.5) is 0 Å². The fraction of sp³-hybridized carbons (Fsp3) is 0.538. The van der Waals surface area contributed by atoms with Crippen molar-refractivity contribution < 1.29 is 0 Å². The molecule has 0 bridgehead atoms. The second-order valence-electron chi connectivity index (χ2n) is 3.77. The number of rotatable bonds is 7. The van der Waals surface area contributed by atoms with Crippen molar-refractivity contribution in [1.29, 1.82) is 0 Å². The van der Waals surface area contributed by atoms with Crippen molar-refractivity contribution in [2.45, 2.75) is 31.6 Å². The number of benzene rings is 1. The molecule has 0 amide bonds. The number of nitrogens with one attached hydrogen (secondary N) is 1. The van der Waals surface area contributed by atoms with Crippen molar-refractivity contribution in [3.8, 4) is 0 Å².